The van der Waals surface area contributed by atoms with Crippen molar-refractivity contribution in [2.45, 2.75) is 32.3 Å². The maximum atomic E-state index is 9.87. The number of thiophene rings is 1. The summed E-state index contributed by atoms with van der Waals surface area (Å²) in [6.45, 7) is 2.15. The summed E-state index contributed by atoms with van der Waals surface area (Å²) in [6.07, 6.45) is 2.89. The van der Waals surface area contributed by atoms with Crippen LogP contribution in [0.3, 0.4) is 0 Å². The Balaban J connectivity index is 1.98. The first-order chi connectivity index (χ1) is 6.10. The smallest absolute Gasteiger partial charge is 0.0931 e. The van der Waals surface area contributed by atoms with Gasteiger partial charge in [0, 0.05) is 11.3 Å². The summed E-state index contributed by atoms with van der Waals surface area (Å²) < 4.78 is 0.808. The van der Waals surface area contributed by atoms with Crippen molar-refractivity contribution in [3.63, 3.8) is 0 Å². The Hall–Kier alpha value is -0.0500. The first kappa shape index (κ1) is 9.50. The van der Waals surface area contributed by atoms with Crippen LogP contribution in [-0.4, -0.2) is 11.2 Å². The van der Waals surface area contributed by atoms with Gasteiger partial charge in [0.1, 0.15) is 0 Å². The molecule has 1 unspecified atom stereocenters. The third-order valence-corrected chi connectivity index (χ3v) is 4.12. The average molecular weight is 217 g/mol. The second-order valence-corrected chi connectivity index (χ2v) is 5.88. The van der Waals surface area contributed by atoms with Gasteiger partial charge in [-0.15, -0.1) is 11.3 Å². The van der Waals surface area contributed by atoms with Crippen LogP contribution in [-0.2, 0) is 6.42 Å². The fourth-order valence-electron chi connectivity index (χ4n) is 1.43. The van der Waals surface area contributed by atoms with E-state index in [9.17, 15) is 5.11 Å². The van der Waals surface area contributed by atoms with Gasteiger partial charge < -0.3 is 5.11 Å². The van der Waals surface area contributed by atoms with Gasteiger partial charge in [-0.3, -0.25) is 0 Å². The molecule has 1 aliphatic rings. The van der Waals surface area contributed by atoms with Crippen LogP contribution >= 0.6 is 22.9 Å². The summed E-state index contributed by atoms with van der Waals surface area (Å²) in [4.78, 5) is 1.19. The first-order valence-electron chi connectivity index (χ1n) is 4.52. The molecule has 0 aromatic carbocycles. The summed E-state index contributed by atoms with van der Waals surface area (Å²) >= 11 is 7.38. The fourth-order valence-corrected chi connectivity index (χ4v) is 2.55. The third kappa shape index (κ3) is 2.06. The molecule has 1 N–H and O–H groups in total. The van der Waals surface area contributed by atoms with E-state index >= 15 is 0 Å². The topological polar surface area (TPSA) is 20.2 Å². The zero-order valence-corrected chi connectivity index (χ0v) is 9.16. The van der Waals surface area contributed by atoms with Crippen molar-refractivity contribution in [2.75, 3.05) is 0 Å². The molecule has 1 heterocycles. The van der Waals surface area contributed by atoms with Gasteiger partial charge in [-0.05, 0) is 30.4 Å². The van der Waals surface area contributed by atoms with E-state index in [4.69, 9.17) is 11.6 Å². The minimum Gasteiger partial charge on any atom is -0.392 e. The molecule has 1 aromatic heterocycles. The molecule has 1 aliphatic carbocycles. The first-order valence-corrected chi connectivity index (χ1v) is 5.72. The number of halogens is 1. The van der Waals surface area contributed by atoms with Crippen molar-refractivity contribution < 1.29 is 5.11 Å². The van der Waals surface area contributed by atoms with Gasteiger partial charge in [0.05, 0.1) is 10.4 Å². The highest BCUT2D eigenvalue weighted by Crippen LogP contribution is 2.49. The van der Waals surface area contributed by atoms with E-state index in [-0.39, 0.29) is 11.5 Å². The molecular weight excluding hydrogens is 204 g/mol. The summed E-state index contributed by atoms with van der Waals surface area (Å²) in [7, 11) is 0. The van der Waals surface area contributed by atoms with Crippen molar-refractivity contribution in [1.29, 1.82) is 0 Å². The fraction of sp³-hybridized carbons (Fsp3) is 0.600. The lowest BCUT2D eigenvalue weighted by Gasteiger charge is -2.15. The highest BCUT2D eigenvalue weighted by atomic mass is 35.5. The van der Waals surface area contributed by atoms with Crippen molar-refractivity contribution >= 4 is 22.9 Å². The van der Waals surface area contributed by atoms with Crippen LogP contribution < -0.4 is 0 Å². The standard InChI is InChI=1S/C10H13ClOS/c1-10(4-5-10)8(12)6-7-2-3-9(11)13-7/h2-3,8,12H,4-6H2,1H3. The SMILES string of the molecule is CC1(C(O)Cc2ccc(Cl)s2)CC1. The lowest BCUT2D eigenvalue weighted by molar-refractivity contribution is 0.104. The quantitative estimate of drug-likeness (QED) is 0.824. The van der Waals surface area contributed by atoms with Gasteiger partial charge in [-0.1, -0.05) is 18.5 Å². The molecule has 0 spiro atoms. The third-order valence-electron chi connectivity index (χ3n) is 2.87. The van der Waals surface area contributed by atoms with Gasteiger partial charge in [0.15, 0.2) is 0 Å². The van der Waals surface area contributed by atoms with E-state index in [0.717, 1.165) is 23.6 Å². The molecule has 2 rings (SSSR count). The Labute approximate surface area is 87.4 Å². The lowest BCUT2D eigenvalue weighted by atomic mass is 9.99. The Morgan fingerprint density at radius 2 is 2.31 bits per heavy atom. The average Bonchev–Trinajstić information content (AvgIpc) is 2.69. The van der Waals surface area contributed by atoms with Gasteiger partial charge in [0.25, 0.3) is 0 Å². The van der Waals surface area contributed by atoms with E-state index in [2.05, 4.69) is 6.92 Å². The van der Waals surface area contributed by atoms with Crippen LogP contribution in [0, 0.1) is 5.41 Å². The van der Waals surface area contributed by atoms with Crippen LogP contribution in [0.5, 0.6) is 0 Å². The van der Waals surface area contributed by atoms with Crippen LogP contribution in [0.25, 0.3) is 0 Å². The maximum Gasteiger partial charge on any atom is 0.0931 e. The zero-order valence-electron chi connectivity index (χ0n) is 7.59. The maximum absolute atomic E-state index is 9.87. The Kier molecular flexibility index (Phi) is 2.39. The van der Waals surface area contributed by atoms with Gasteiger partial charge in [-0.2, -0.15) is 0 Å². The molecule has 1 saturated carbocycles. The number of rotatable bonds is 3. The van der Waals surface area contributed by atoms with Crippen LogP contribution in [0.15, 0.2) is 12.1 Å². The molecule has 1 atom stereocenters. The molecule has 1 aromatic rings. The Bertz CT molecular complexity index is 304. The van der Waals surface area contributed by atoms with Gasteiger partial charge >= 0.3 is 0 Å². The molecule has 3 heteroatoms. The largest absolute Gasteiger partial charge is 0.392 e. The molecular formula is C10H13ClOS. The highest BCUT2D eigenvalue weighted by Gasteiger charge is 2.43. The lowest BCUT2D eigenvalue weighted by Crippen LogP contribution is -2.20. The molecule has 1 fully saturated rings. The van der Waals surface area contributed by atoms with E-state index in [1.807, 2.05) is 12.1 Å². The second kappa shape index (κ2) is 3.26. The molecule has 0 bridgehead atoms. The highest BCUT2D eigenvalue weighted by molar-refractivity contribution is 7.16. The predicted octanol–water partition coefficient (Wildman–Crippen LogP) is 3.11. The van der Waals surface area contributed by atoms with E-state index in [1.165, 1.54) is 4.88 Å². The van der Waals surface area contributed by atoms with Crippen molar-refractivity contribution in [1.82, 2.24) is 0 Å². The van der Waals surface area contributed by atoms with Crippen LogP contribution in [0.4, 0.5) is 0 Å². The molecule has 0 radical (unpaired) electrons. The number of aliphatic hydroxyl groups is 1. The number of hydrogen-bond acceptors (Lipinski definition) is 2. The predicted molar refractivity (Wildman–Crippen MR) is 56.4 cm³/mol. The summed E-state index contributed by atoms with van der Waals surface area (Å²) in [5.41, 5.74) is 0.191. The van der Waals surface area contributed by atoms with Crippen molar-refractivity contribution in [3.8, 4) is 0 Å². The van der Waals surface area contributed by atoms with Gasteiger partial charge in [-0.25, -0.2) is 0 Å². The van der Waals surface area contributed by atoms with Crippen LogP contribution in [0.1, 0.15) is 24.6 Å². The van der Waals surface area contributed by atoms with E-state index in [0.29, 0.717) is 0 Å². The zero-order chi connectivity index (χ0) is 9.47. The number of hydrogen-bond donors (Lipinski definition) is 1. The van der Waals surface area contributed by atoms with Crippen LogP contribution in [0.2, 0.25) is 4.34 Å². The minimum atomic E-state index is -0.192. The minimum absolute atomic E-state index is 0.191. The van der Waals surface area contributed by atoms with Gasteiger partial charge in [0.2, 0.25) is 0 Å². The molecule has 1 nitrogen and oxygen atoms in total. The Morgan fingerprint density at radius 3 is 2.77 bits per heavy atom. The summed E-state index contributed by atoms with van der Waals surface area (Å²) in [6, 6.07) is 3.89. The molecule has 0 amide bonds. The second-order valence-electron chi connectivity index (χ2n) is 4.08. The monoisotopic (exact) mass is 216 g/mol. The Morgan fingerprint density at radius 1 is 1.62 bits per heavy atom. The van der Waals surface area contributed by atoms with E-state index in [1.54, 1.807) is 11.3 Å². The molecule has 13 heavy (non-hydrogen) atoms. The van der Waals surface area contributed by atoms with Crippen molar-refractivity contribution in [3.05, 3.63) is 21.3 Å². The van der Waals surface area contributed by atoms with Crippen molar-refractivity contribution in [2.24, 2.45) is 5.41 Å². The molecule has 0 saturated heterocycles. The number of aliphatic hydroxyl groups excluding tert-OH is 1. The molecule has 72 valence electrons. The normalized spacial score (nSPS) is 21.5. The summed E-state index contributed by atoms with van der Waals surface area (Å²) in [5.74, 6) is 0. The molecule has 0 aliphatic heterocycles. The summed E-state index contributed by atoms with van der Waals surface area (Å²) in [5, 5.41) is 9.87. The van der Waals surface area contributed by atoms with E-state index < -0.39 is 0 Å².